The predicted octanol–water partition coefficient (Wildman–Crippen LogP) is 0.807. The lowest BCUT2D eigenvalue weighted by Gasteiger charge is -2.13. The van der Waals surface area contributed by atoms with Crippen LogP contribution in [0, 0.1) is 11.6 Å². The number of nitrogens with two attached hydrogens (primary N) is 1. The van der Waals surface area contributed by atoms with Crippen LogP contribution in [0.25, 0.3) is 0 Å². The second-order valence-electron chi connectivity index (χ2n) is 3.43. The van der Waals surface area contributed by atoms with Crippen LogP contribution in [0.3, 0.4) is 0 Å². The molecule has 1 atom stereocenters. The topological polar surface area (TPSA) is 64.3 Å². The van der Waals surface area contributed by atoms with E-state index in [9.17, 15) is 13.6 Å². The van der Waals surface area contributed by atoms with Gasteiger partial charge < -0.3 is 15.8 Å². The highest BCUT2D eigenvalue weighted by molar-refractivity contribution is 5.79. The number of rotatable bonds is 6. The van der Waals surface area contributed by atoms with Crippen molar-refractivity contribution in [2.75, 3.05) is 13.7 Å². The molecule has 3 N–H and O–H groups in total. The van der Waals surface area contributed by atoms with Gasteiger partial charge in [0.15, 0.2) is 11.6 Å². The number of primary amides is 1. The normalized spacial score (nSPS) is 12.2. The van der Waals surface area contributed by atoms with Gasteiger partial charge in [-0.25, -0.2) is 4.39 Å². The third-order valence-electron chi connectivity index (χ3n) is 2.27. The molecule has 1 unspecified atom stereocenters. The molecule has 4 nitrogen and oxygen atoms in total. The number of halogens is 2. The first kappa shape index (κ1) is 13.4. The van der Waals surface area contributed by atoms with Gasteiger partial charge in [0.1, 0.15) is 0 Å². The molecule has 0 bridgehead atoms. The smallest absolute Gasteiger partial charge is 0.234 e. The molecular formula is C11H14F2N2O2. The van der Waals surface area contributed by atoms with Crippen molar-refractivity contribution in [3.05, 3.63) is 29.8 Å². The largest absolute Gasteiger partial charge is 0.490 e. The summed E-state index contributed by atoms with van der Waals surface area (Å²) < 4.78 is 31.0. The van der Waals surface area contributed by atoms with Gasteiger partial charge in [-0.1, -0.05) is 6.07 Å². The maximum absolute atomic E-state index is 13.2. The van der Waals surface area contributed by atoms with E-state index in [1.807, 2.05) is 0 Å². The SMILES string of the molecule is CNC(CCOc1cccc(F)c1F)C(N)=O. The molecular weight excluding hydrogens is 230 g/mol. The summed E-state index contributed by atoms with van der Waals surface area (Å²) in [7, 11) is 1.58. The summed E-state index contributed by atoms with van der Waals surface area (Å²) in [5.41, 5.74) is 5.09. The number of hydrogen-bond donors (Lipinski definition) is 2. The van der Waals surface area contributed by atoms with Crippen molar-refractivity contribution in [2.24, 2.45) is 5.73 Å². The Bertz CT molecular complexity index is 399. The Morgan fingerprint density at radius 3 is 2.82 bits per heavy atom. The van der Waals surface area contributed by atoms with Gasteiger partial charge in [-0.05, 0) is 19.2 Å². The van der Waals surface area contributed by atoms with Gasteiger partial charge in [-0.15, -0.1) is 0 Å². The Morgan fingerprint density at radius 2 is 2.24 bits per heavy atom. The van der Waals surface area contributed by atoms with Crippen LogP contribution < -0.4 is 15.8 Å². The maximum Gasteiger partial charge on any atom is 0.234 e. The molecule has 0 saturated heterocycles. The summed E-state index contributed by atoms with van der Waals surface area (Å²) in [6.07, 6.45) is 0.280. The number of carbonyl (C=O) groups is 1. The second-order valence-corrected chi connectivity index (χ2v) is 3.43. The Morgan fingerprint density at radius 1 is 1.53 bits per heavy atom. The summed E-state index contributed by atoms with van der Waals surface area (Å²) >= 11 is 0. The highest BCUT2D eigenvalue weighted by atomic mass is 19.2. The van der Waals surface area contributed by atoms with E-state index in [0.29, 0.717) is 0 Å². The minimum absolute atomic E-state index is 0.0643. The van der Waals surface area contributed by atoms with Crippen LogP contribution in [0.15, 0.2) is 18.2 Å². The minimum atomic E-state index is -1.03. The molecule has 1 amide bonds. The molecule has 1 rings (SSSR count). The molecule has 0 radical (unpaired) electrons. The number of nitrogens with one attached hydrogen (secondary N) is 1. The number of ether oxygens (including phenoxy) is 1. The quantitative estimate of drug-likeness (QED) is 0.778. The first-order valence-electron chi connectivity index (χ1n) is 5.09. The van der Waals surface area contributed by atoms with Crippen molar-refractivity contribution in [3.8, 4) is 5.75 Å². The molecule has 0 fully saturated rings. The zero-order valence-corrected chi connectivity index (χ0v) is 9.37. The number of likely N-dealkylation sites (N-methyl/N-ethyl adjacent to an activating group) is 1. The Kier molecular flexibility index (Phi) is 4.84. The van der Waals surface area contributed by atoms with Crippen molar-refractivity contribution in [3.63, 3.8) is 0 Å². The van der Waals surface area contributed by atoms with Crippen molar-refractivity contribution < 1.29 is 18.3 Å². The fourth-order valence-corrected chi connectivity index (χ4v) is 1.31. The summed E-state index contributed by atoms with van der Waals surface area (Å²) in [6.45, 7) is 0.0643. The molecule has 0 saturated carbocycles. The third kappa shape index (κ3) is 3.67. The lowest BCUT2D eigenvalue weighted by molar-refractivity contribution is -0.120. The van der Waals surface area contributed by atoms with Gasteiger partial charge in [-0.2, -0.15) is 4.39 Å². The number of benzene rings is 1. The lowest BCUT2D eigenvalue weighted by Crippen LogP contribution is -2.40. The molecule has 0 aliphatic carbocycles. The zero-order chi connectivity index (χ0) is 12.8. The van der Waals surface area contributed by atoms with E-state index in [0.717, 1.165) is 6.07 Å². The molecule has 0 aliphatic heterocycles. The van der Waals surface area contributed by atoms with Crippen LogP contribution >= 0.6 is 0 Å². The van der Waals surface area contributed by atoms with Gasteiger partial charge >= 0.3 is 0 Å². The van der Waals surface area contributed by atoms with E-state index < -0.39 is 23.6 Å². The van der Waals surface area contributed by atoms with E-state index in [2.05, 4.69) is 5.32 Å². The Labute approximate surface area is 97.8 Å². The average molecular weight is 244 g/mol. The van der Waals surface area contributed by atoms with Crippen LogP contribution in [-0.4, -0.2) is 25.6 Å². The van der Waals surface area contributed by atoms with E-state index >= 15 is 0 Å². The van der Waals surface area contributed by atoms with Gasteiger partial charge in [0, 0.05) is 6.42 Å². The Balaban J connectivity index is 2.51. The van der Waals surface area contributed by atoms with Gasteiger partial charge in [0.05, 0.1) is 12.6 Å². The standard InChI is InChI=1S/C11H14F2N2O2/c1-15-8(11(14)16)5-6-17-9-4-2-3-7(12)10(9)13/h2-4,8,15H,5-6H2,1H3,(H2,14,16). The van der Waals surface area contributed by atoms with Crippen molar-refractivity contribution in [1.82, 2.24) is 5.32 Å². The van der Waals surface area contributed by atoms with Crippen LogP contribution in [0.2, 0.25) is 0 Å². The fourth-order valence-electron chi connectivity index (χ4n) is 1.31. The molecule has 17 heavy (non-hydrogen) atoms. The molecule has 1 aromatic rings. The van der Waals surface area contributed by atoms with E-state index in [-0.39, 0.29) is 18.8 Å². The average Bonchev–Trinajstić information content (AvgIpc) is 2.29. The van der Waals surface area contributed by atoms with Crippen molar-refractivity contribution in [2.45, 2.75) is 12.5 Å². The first-order chi connectivity index (χ1) is 8.06. The van der Waals surface area contributed by atoms with E-state index in [1.165, 1.54) is 12.1 Å². The number of hydrogen-bond acceptors (Lipinski definition) is 3. The van der Waals surface area contributed by atoms with Crippen LogP contribution in [0.5, 0.6) is 5.75 Å². The predicted molar refractivity (Wildman–Crippen MR) is 58.5 cm³/mol. The highest BCUT2D eigenvalue weighted by Gasteiger charge is 2.13. The Hall–Kier alpha value is -1.69. The number of amides is 1. The first-order valence-corrected chi connectivity index (χ1v) is 5.09. The summed E-state index contributed by atoms with van der Waals surface area (Å²) in [5, 5.41) is 2.69. The second kappa shape index (κ2) is 6.15. The van der Waals surface area contributed by atoms with Crippen LogP contribution in [-0.2, 0) is 4.79 Å². The summed E-state index contributed by atoms with van der Waals surface area (Å²) in [6, 6.07) is 3.11. The number of carbonyl (C=O) groups excluding carboxylic acids is 1. The zero-order valence-electron chi connectivity index (χ0n) is 9.37. The fraction of sp³-hybridized carbons (Fsp3) is 0.364. The molecule has 0 aromatic heterocycles. The van der Waals surface area contributed by atoms with Gasteiger partial charge in [0.25, 0.3) is 0 Å². The van der Waals surface area contributed by atoms with Gasteiger partial charge in [0.2, 0.25) is 11.7 Å². The molecule has 1 aromatic carbocycles. The van der Waals surface area contributed by atoms with Crippen molar-refractivity contribution in [1.29, 1.82) is 0 Å². The molecule has 94 valence electrons. The monoisotopic (exact) mass is 244 g/mol. The van der Waals surface area contributed by atoms with Crippen LogP contribution in [0.1, 0.15) is 6.42 Å². The van der Waals surface area contributed by atoms with E-state index in [1.54, 1.807) is 7.05 Å². The molecule has 6 heteroatoms. The molecule has 0 spiro atoms. The van der Waals surface area contributed by atoms with Gasteiger partial charge in [-0.3, -0.25) is 4.79 Å². The maximum atomic E-state index is 13.2. The highest BCUT2D eigenvalue weighted by Crippen LogP contribution is 2.19. The summed E-state index contributed by atoms with van der Waals surface area (Å²) in [5.74, 6) is -2.70. The van der Waals surface area contributed by atoms with Crippen molar-refractivity contribution >= 4 is 5.91 Å². The molecule has 0 aliphatic rings. The van der Waals surface area contributed by atoms with Crippen LogP contribution in [0.4, 0.5) is 8.78 Å². The minimum Gasteiger partial charge on any atom is -0.490 e. The lowest BCUT2D eigenvalue weighted by atomic mass is 10.2. The summed E-state index contributed by atoms with van der Waals surface area (Å²) in [4.78, 5) is 10.9. The third-order valence-corrected chi connectivity index (χ3v) is 2.27. The molecule has 0 heterocycles. The van der Waals surface area contributed by atoms with E-state index in [4.69, 9.17) is 10.5 Å².